The summed E-state index contributed by atoms with van der Waals surface area (Å²) in [6.07, 6.45) is 0. The third-order valence-corrected chi connectivity index (χ3v) is 3.86. The number of nitrogens with zero attached hydrogens (tertiary/aromatic N) is 1. The Bertz CT molecular complexity index is 792. The highest BCUT2D eigenvalue weighted by atomic mass is 35.5. The summed E-state index contributed by atoms with van der Waals surface area (Å²) in [4.78, 5) is 36.1. The van der Waals surface area contributed by atoms with E-state index >= 15 is 0 Å². The molecule has 124 valence electrons. The van der Waals surface area contributed by atoms with Gasteiger partial charge < -0.3 is 0 Å². The summed E-state index contributed by atoms with van der Waals surface area (Å²) in [5.41, 5.74) is 2.36. The first-order valence-corrected chi connectivity index (χ1v) is 7.52. The Morgan fingerprint density at radius 2 is 1.92 bits per heavy atom. The smallest absolute Gasteiger partial charge is 0.265 e. The van der Waals surface area contributed by atoms with Crippen LogP contribution in [0.1, 0.15) is 33.0 Å². The number of carbonyl (C=O) groups excluding carboxylic acids is 2. The maximum atomic E-state index is 12.3. The summed E-state index contributed by atoms with van der Waals surface area (Å²) >= 11 is 5.51. The molecule has 0 heterocycles. The van der Waals surface area contributed by atoms with Gasteiger partial charge in [-0.3, -0.25) is 24.5 Å². The summed E-state index contributed by atoms with van der Waals surface area (Å²) in [7, 11) is 0. The maximum Gasteiger partial charge on any atom is 0.265 e. The number of ketones is 1. The number of nitrogens with one attached hydrogen (secondary N) is 1. The van der Waals surface area contributed by atoms with E-state index in [1.54, 1.807) is 24.3 Å². The normalized spacial score (nSPS) is 11.6. The van der Waals surface area contributed by atoms with Crippen molar-refractivity contribution in [1.29, 1.82) is 0 Å². The lowest BCUT2D eigenvalue weighted by atomic mass is 9.87. The molecule has 0 radical (unpaired) electrons. The topological polar surface area (TPSA) is 89.3 Å². The Hall–Kier alpha value is -2.73. The molecule has 1 unspecified atom stereocenters. The molecule has 0 saturated carbocycles. The summed E-state index contributed by atoms with van der Waals surface area (Å²) in [6, 6.07) is 13.6. The van der Waals surface area contributed by atoms with Gasteiger partial charge in [0, 0.05) is 22.3 Å². The molecule has 0 spiro atoms. The molecule has 0 aliphatic heterocycles. The van der Waals surface area contributed by atoms with Crippen molar-refractivity contribution in [2.45, 2.75) is 12.8 Å². The van der Waals surface area contributed by atoms with Crippen molar-refractivity contribution in [2.24, 2.45) is 0 Å². The van der Waals surface area contributed by atoms with Gasteiger partial charge in [0.25, 0.3) is 6.54 Å². The first-order valence-electron chi connectivity index (χ1n) is 7.15. The SMILES string of the molecule is Cc1ccccc1C(C(=O)NCl)c1cccc(C(=O)C[N+](=O)[O-])c1. The Morgan fingerprint density at radius 1 is 1.21 bits per heavy atom. The minimum atomic E-state index is -0.791. The van der Waals surface area contributed by atoms with E-state index in [1.807, 2.05) is 19.1 Å². The number of Topliss-reactive ketones (excluding diaryl/α,β-unsaturated/α-hetero) is 1. The summed E-state index contributed by atoms with van der Waals surface area (Å²) in [6.45, 7) is 1.08. The molecular formula is C17H15ClN2O4. The minimum absolute atomic E-state index is 0.185. The van der Waals surface area contributed by atoms with E-state index < -0.39 is 29.1 Å². The van der Waals surface area contributed by atoms with Gasteiger partial charge in [-0.05, 0) is 29.7 Å². The van der Waals surface area contributed by atoms with Crippen molar-refractivity contribution < 1.29 is 14.5 Å². The van der Waals surface area contributed by atoms with Crippen LogP contribution in [0.3, 0.4) is 0 Å². The van der Waals surface area contributed by atoms with Crippen molar-refractivity contribution >= 4 is 23.5 Å². The second-order valence-corrected chi connectivity index (χ2v) is 5.48. The lowest BCUT2D eigenvalue weighted by Gasteiger charge is -2.18. The van der Waals surface area contributed by atoms with Gasteiger partial charge in [-0.1, -0.05) is 42.5 Å². The van der Waals surface area contributed by atoms with Gasteiger partial charge in [-0.2, -0.15) is 0 Å². The van der Waals surface area contributed by atoms with Crippen molar-refractivity contribution in [1.82, 2.24) is 4.84 Å². The molecule has 2 aromatic rings. The maximum absolute atomic E-state index is 12.3. The standard InChI is InChI=1S/C17H15ClN2O4/c1-11-5-2-3-8-14(11)16(17(22)19-18)13-7-4-6-12(9-13)15(21)10-20(23)24/h2-9,16H,10H2,1H3,(H,19,22). The van der Waals surface area contributed by atoms with Crippen molar-refractivity contribution in [2.75, 3.05) is 6.54 Å². The fraction of sp³-hybridized carbons (Fsp3) is 0.176. The zero-order valence-electron chi connectivity index (χ0n) is 12.9. The number of nitro groups is 1. The Labute approximate surface area is 143 Å². The summed E-state index contributed by atoms with van der Waals surface area (Å²) in [5.74, 6) is -1.77. The van der Waals surface area contributed by atoms with Crippen molar-refractivity contribution in [3.05, 3.63) is 80.9 Å². The molecule has 0 saturated heterocycles. The fourth-order valence-electron chi connectivity index (χ4n) is 2.54. The largest absolute Gasteiger partial charge is 0.287 e. The molecule has 0 fully saturated rings. The molecular weight excluding hydrogens is 332 g/mol. The summed E-state index contributed by atoms with van der Waals surface area (Å²) in [5, 5.41) is 10.5. The van der Waals surface area contributed by atoms with E-state index in [0.717, 1.165) is 11.1 Å². The number of carbonyl (C=O) groups is 2. The van der Waals surface area contributed by atoms with E-state index in [-0.39, 0.29) is 5.56 Å². The molecule has 1 N–H and O–H groups in total. The van der Waals surface area contributed by atoms with Gasteiger partial charge in [0.2, 0.25) is 11.7 Å². The molecule has 0 aliphatic rings. The van der Waals surface area contributed by atoms with Crippen LogP contribution in [0.4, 0.5) is 0 Å². The molecule has 6 nitrogen and oxygen atoms in total. The quantitative estimate of drug-likeness (QED) is 0.377. The van der Waals surface area contributed by atoms with E-state index in [1.165, 1.54) is 12.1 Å². The lowest BCUT2D eigenvalue weighted by Crippen LogP contribution is -2.24. The van der Waals surface area contributed by atoms with Gasteiger partial charge in [0.05, 0.1) is 5.92 Å². The second-order valence-electron chi connectivity index (χ2n) is 5.29. The average molecular weight is 347 g/mol. The fourth-order valence-corrected chi connectivity index (χ4v) is 2.65. The molecule has 24 heavy (non-hydrogen) atoms. The second kappa shape index (κ2) is 7.70. The third kappa shape index (κ3) is 3.97. The highest BCUT2D eigenvalue weighted by Crippen LogP contribution is 2.28. The van der Waals surface area contributed by atoms with Crippen LogP contribution in [0.2, 0.25) is 0 Å². The predicted octanol–water partition coefficient (Wildman–Crippen LogP) is 2.86. The molecule has 2 rings (SSSR count). The Balaban J connectivity index is 2.48. The van der Waals surface area contributed by atoms with Gasteiger partial charge >= 0.3 is 0 Å². The third-order valence-electron chi connectivity index (χ3n) is 3.67. The number of halogens is 1. The van der Waals surface area contributed by atoms with Crippen LogP contribution in [0.5, 0.6) is 0 Å². The monoisotopic (exact) mass is 346 g/mol. The van der Waals surface area contributed by atoms with E-state index in [0.29, 0.717) is 5.56 Å². The first kappa shape index (κ1) is 17.6. The molecule has 7 heteroatoms. The predicted molar refractivity (Wildman–Crippen MR) is 89.7 cm³/mol. The molecule has 0 aliphatic carbocycles. The van der Waals surface area contributed by atoms with Crippen molar-refractivity contribution in [3.8, 4) is 0 Å². The zero-order valence-corrected chi connectivity index (χ0v) is 13.6. The minimum Gasteiger partial charge on any atom is -0.287 e. The Kier molecular flexibility index (Phi) is 5.65. The highest BCUT2D eigenvalue weighted by Gasteiger charge is 2.25. The zero-order chi connectivity index (χ0) is 17.7. The van der Waals surface area contributed by atoms with Crippen LogP contribution in [0.15, 0.2) is 48.5 Å². The molecule has 0 aromatic heterocycles. The van der Waals surface area contributed by atoms with Gasteiger partial charge in [0.1, 0.15) is 0 Å². The van der Waals surface area contributed by atoms with Crippen LogP contribution < -0.4 is 4.84 Å². The molecule has 0 bridgehead atoms. The molecule has 1 atom stereocenters. The van der Waals surface area contributed by atoms with Crippen LogP contribution in [0.25, 0.3) is 0 Å². The average Bonchev–Trinajstić information content (AvgIpc) is 2.56. The summed E-state index contributed by atoms with van der Waals surface area (Å²) < 4.78 is 0. The van der Waals surface area contributed by atoms with Crippen molar-refractivity contribution in [3.63, 3.8) is 0 Å². The first-order chi connectivity index (χ1) is 11.4. The number of aryl methyl sites for hydroxylation is 1. The van der Waals surface area contributed by atoms with Gasteiger partial charge in [0.15, 0.2) is 0 Å². The number of amides is 1. The van der Waals surface area contributed by atoms with Crippen LogP contribution in [0, 0.1) is 17.0 Å². The van der Waals surface area contributed by atoms with Crippen LogP contribution in [-0.4, -0.2) is 23.2 Å². The van der Waals surface area contributed by atoms with Gasteiger partial charge in [-0.15, -0.1) is 0 Å². The highest BCUT2D eigenvalue weighted by molar-refractivity contribution is 6.22. The lowest BCUT2D eigenvalue weighted by molar-refractivity contribution is -0.465. The Morgan fingerprint density at radius 3 is 2.54 bits per heavy atom. The number of rotatable bonds is 6. The van der Waals surface area contributed by atoms with E-state index in [2.05, 4.69) is 4.84 Å². The van der Waals surface area contributed by atoms with Crippen LogP contribution >= 0.6 is 11.8 Å². The molecule has 1 amide bonds. The number of hydrogen-bond donors (Lipinski definition) is 1. The molecule has 2 aromatic carbocycles. The number of benzene rings is 2. The number of hydrogen-bond acceptors (Lipinski definition) is 4. The van der Waals surface area contributed by atoms with E-state index in [9.17, 15) is 19.7 Å². The van der Waals surface area contributed by atoms with Gasteiger partial charge in [-0.25, -0.2) is 0 Å². The van der Waals surface area contributed by atoms with Crippen LogP contribution in [-0.2, 0) is 4.79 Å². The van der Waals surface area contributed by atoms with E-state index in [4.69, 9.17) is 11.8 Å².